The number of aromatic amines is 1. The highest BCUT2D eigenvalue weighted by Gasteiger charge is 2.20. The smallest absolute Gasteiger partial charge is 0.349 e. The molecule has 1 aliphatic rings. The Kier molecular flexibility index (Phi) is 4.13. The molecule has 0 radical (unpaired) electrons. The van der Waals surface area contributed by atoms with Gasteiger partial charge in [-0.1, -0.05) is 6.42 Å². The molecule has 0 unspecified atom stereocenters. The van der Waals surface area contributed by atoms with Gasteiger partial charge in [0.05, 0.1) is 18.2 Å². The summed E-state index contributed by atoms with van der Waals surface area (Å²) in [6.07, 6.45) is 9.63. The van der Waals surface area contributed by atoms with Crippen LogP contribution in [0.15, 0.2) is 18.1 Å². The molecule has 0 saturated heterocycles. The predicted molar refractivity (Wildman–Crippen MR) is 65.1 cm³/mol. The van der Waals surface area contributed by atoms with Gasteiger partial charge in [-0.25, -0.2) is 9.78 Å². The van der Waals surface area contributed by atoms with Crippen molar-refractivity contribution in [2.24, 2.45) is 0 Å². The molecule has 1 heterocycles. The van der Waals surface area contributed by atoms with Crippen LogP contribution in [-0.4, -0.2) is 22.0 Å². The van der Waals surface area contributed by atoms with Crippen LogP contribution in [0.1, 0.15) is 37.8 Å². The summed E-state index contributed by atoms with van der Waals surface area (Å²) in [6.45, 7) is 0. The van der Waals surface area contributed by atoms with Crippen molar-refractivity contribution in [2.75, 3.05) is 0 Å². The second kappa shape index (κ2) is 6.01. The Labute approximate surface area is 105 Å². The SMILES string of the molecule is N#C/C(=C\c1cnc[nH]1)C(=O)OC1CCCCC1. The van der Waals surface area contributed by atoms with Crippen LogP contribution in [0.3, 0.4) is 0 Å². The zero-order valence-electron chi connectivity index (χ0n) is 10.1. The minimum Gasteiger partial charge on any atom is -0.458 e. The second-order valence-electron chi connectivity index (χ2n) is 4.34. The zero-order chi connectivity index (χ0) is 12.8. The van der Waals surface area contributed by atoms with Gasteiger partial charge in [0, 0.05) is 0 Å². The van der Waals surface area contributed by atoms with E-state index >= 15 is 0 Å². The van der Waals surface area contributed by atoms with E-state index in [1.807, 2.05) is 6.07 Å². The predicted octanol–water partition coefficient (Wildman–Crippen LogP) is 2.19. The molecule has 5 nitrogen and oxygen atoms in total. The number of ether oxygens (including phenoxy) is 1. The van der Waals surface area contributed by atoms with Gasteiger partial charge in [-0.15, -0.1) is 0 Å². The number of nitrogens with zero attached hydrogens (tertiary/aromatic N) is 2. The molecule has 0 atom stereocenters. The van der Waals surface area contributed by atoms with Crippen LogP contribution in [0.25, 0.3) is 6.08 Å². The van der Waals surface area contributed by atoms with Crippen LogP contribution < -0.4 is 0 Å². The van der Waals surface area contributed by atoms with Gasteiger partial charge in [0.1, 0.15) is 17.7 Å². The maximum absolute atomic E-state index is 11.8. The van der Waals surface area contributed by atoms with E-state index in [1.165, 1.54) is 18.8 Å². The third-order valence-electron chi connectivity index (χ3n) is 2.99. The standard InChI is InChI=1S/C13H15N3O2/c14-7-10(6-11-8-15-9-16-11)13(17)18-12-4-2-1-3-5-12/h6,8-9,12H,1-5H2,(H,15,16)/b10-6+. The number of carbonyl (C=O) groups excluding carboxylic acids is 1. The van der Waals surface area contributed by atoms with Crippen molar-refractivity contribution < 1.29 is 9.53 Å². The molecule has 0 bridgehead atoms. The van der Waals surface area contributed by atoms with Crippen molar-refractivity contribution in [3.63, 3.8) is 0 Å². The summed E-state index contributed by atoms with van der Waals surface area (Å²) in [6, 6.07) is 1.87. The molecule has 1 fully saturated rings. The first kappa shape index (κ1) is 12.4. The number of nitriles is 1. The number of aromatic nitrogens is 2. The highest BCUT2D eigenvalue weighted by molar-refractivity contribution is 5.97. The molecule has 0 aliphatic heterocycles. The first-order valence-corrected chi connectivity index (χ1v) is 6.11. The molecule has 1 aliphatic carbocycles. The van der Waals surface area contributed by atoms with Crippen molar-refractivity contribution in [2.45, 2.75) is 38.2 Å². The van der Waals surface area contributed by atoms with E-state index < -0.39 is 5.97 Å². The first-order valence-electron chi connectivity index (χ1n) is 6.11. The Morgan fingerprint density at radius 3 is 2.89 bits per heavy atom. The number of nitrogens with one attached hydrogen (secondary N) is 1. The molecule has 2 rings (SSSR count). The Morgan fingerprint density at radius 2 is 2.28 bits per heavy atom. The van der Waals surface area contributed by atoms with Crippen LogP contribution in [0, 0.1) is 11.3 Å². The molecular formula is C13H15N3O2. The van der Waals surface area contributed by atoms with Gasteiger partial charge in [0.2, 0.25) is 0 Å². The average Bonchev–Trinajstić information content (AvgIpc) is 2.90. The van der Waals surface area contributed by atoms with E-state index in [-0.39, 0.29) is 11.7 Å². The molecule has 18 heavy (non-hydrogen) atoms. The van der Waals surface area contributed by atoms with Gasteiger partial charge in [-0.05, 0) is 31.8 Å². The summed E-state index contributed by atoms with van der Waals surface area (Å²) >= 11 is 0. The molecule has 0 spiro atoms. The largest absolute Gasteiger partial charge is 0.458 e. The first-order chi connectivity index (χ1) is 8.79. The lowest BCUT2D eigenvalue weighted by Crippen LogP contribution is -2.21. The molecule has 0 amide bonds. The van der Waals surface area contributed by atoms with E-state index in [9.17, 15) is 4.79 Å². The van der Waals surface area contributed by atoms with E-state index in [0.717, 1.165) is 25.7 Å². The number of H-pyrrole nitrogens is 1. The van der Waals surface area contributed by atoms with Gasteiger partial charge in [0.25, 0.3) is 0 Å². The molecule has 1 saturated carbocycles. The number of carbonyl (C=O) groups is 1. The molecule has 94 valence electrons. The lowest BCUT2D eigenvalue weighted by molar-refractivity contribution is -0.145. The topological polar surface area (TPSA) is 78.8 Å². The number of imidazole rings is 1. The molecule has 1 aromatic heterocycles. The monoisotopic (exact) mass is 245 g/mol. The fourth-order valence-electron chi connectivity index (χ4n) is 2.04. The summed E-state index contributed by atoms with van der Waals surface area (Å²) in [5.41, 5.74) is 0.622. The Bertz CT molecular complexity index is 465. The number of esters is 1. The molecular weight excluding hydrogens is 230 g/mol. The quantitative estimate of drug-likeness (QED) is 0.503. The Balaban J connectivity index is 2.00. The van der Waals surface area contributed by atoms with E-state index in [4.69, 9.17) is 10.00 Å². The summed E-state index contributed by atoms with van der Waals surface area (Å²) < 4.78 is 5.33. The molecule has 1 aromatic rings. The normalized spacial score (nSPS) is 17.2. The maximum Gasteiger partial charge on any atom is 0.349 e. The summed E-state index contributed by atoms with van der Waals surface area (Å²) in [4.78, 5) is 18.5. The highest BCUT2D eigenvalue weighted by Crippen LogP contribution is 2.21. The highest BCUT2D eigenvalue weighted by atomic mass is 16.5. The van der Waals surface area contributed by atoms with E-state index in [0.29, 0.717) is 5.69 Å². The second-order valence-corrected chi connectivity index (χ2v) is 4.34. The zero-order valence-corrected chi connectivity index (χ0v) is 10.1. The van der Waals surface area contributed by atoms with Gasteiger partial charge in [0.15, 0.2) is 0 Å². The number of hydrogen-bond acceptors (Lipinski definition) is 4. The Morgan fingerprint density at radius 1 is 1.50 bits per heavy atom. The van der Waals surface area contributed by atoms with Gasteiger partial charge >= 0.3 is 5.97 Å². The van der Waals surface area contributed by atoms with Crippen molar-refractivity contribution in [1.29, 1.82) is 5.26 Å². The fraction of sp³-hybridized carbons (Fsp3) is 0.462. The summed E-state index contributed by atoms with van der Waals surface area (Å²) in [5, 5.41) is 8.97. The van der Waals surface area contributed by atoms with Gasteiger partial charge < -0.3 is 9.72 Å². The molecule has 0 aromatic carbocycles. The van der Waals surface area contributed by atoms with Crippen molar-refractivity contribution in [3.05, 3.63) is 23.8 Å². The minimum atomic E-state index is -0.543. The third-order valence-corrected chi connectivity index (χ3v) is 2.99. The van der Waals surface area contributed by atoms with Crippen LogP contribution >= 0.6 is 0 Å². The lowest BCUT2D eigenvalue weighted by Gasteiger charge is -2.21. The van der Waals surface area contributed by atoms with Crippen LogP contribution in [-0.2, 0) is 9.53 Å². The maximum atomic E-state index is 11.8. The fourth-order valence-corrected chi connectivity index (χ4v) is 2.04. The van der Waals surface area contributed by atoms with Crippen LogP contribution in [0.2, 0.25) is 0 Å². The van der Waals surface area contributed by atoms with Crippen LogP contribution in [0.5, 0.6) is 0 Å². The van der Waals surface area contributed by atoms with E-state index in [1.54, 1.807) is 6.20 Å². The molecule has 5 heteroatoms. The summed E-state index contributed by atoms with van der Waals surface area (Å²) in [5.74, 6) is -0.543. The summed E-state index contributed by atoms with van der Waals surface area (Å²) in [7, 11) is 0. The van der Waals surface area contributed by atoms with E-state index in [2.05, 4.69) is 9.97 Å². The van der Waals surface area contributed by atoms with Crippen LogP contribution in [0.4, 0.5) is 0 Å². The van der Waals surface area contributed by atoms with Crippen molar-refractivity contribution in [1.82, 2.24) is 9.97 Å². The average molecular weight is 245 g/mol. The number of rotatable bonds is 3. The van der Waals surface area contributed by atoms with Gasteiger partial charge in [-0.2, -0.15) is 5.26 Å². The molecule has 1 N–H and O–H groups in total. The minimum absolute atomic E-state index is 0.00447. The van der Waals surface area contributed by atoms with Crippen molar-refractivity contribution >= 4 is 12.0 Å². The lowest BCUT2D eigenvalue weighted by atomic mass is 9.98. The Hall–Kier alpha value is -2.09. The van der Waals surface area contributed by atoms with Crippen molar-refractivity contribution in [3.8, 4) is 6.07 Å². The van der Waals surface area contributed by atoms with Gasteiger partial charge in [-0.3, -0.25) is 0 Å². The number of hydrogen-bond donors (Lipinski definition) is 1. The third kappa shape index (κ3) is 3.20.